The molecule has 4 aliphatic carbocycles. The first-order valence-corrected chi connectivity index (χ1v) is 11.3. The van der Waals surface area contributed by atoms with Crippen LogP contribution in [0.2, 0.25) is 0 Å². The molecule has 1 amide bonds. The Bertz CT molecular complexity index is 460. The molecule has 0 N–H and O–H groups in total. The van der Waals surface area contributed by atoms with Crippen molar-refractivity contribution in [2.45, 2.75) is 44.9 Å². The van der Waals surface area contributed by atoms with Crippen molar-refractivity contribution < 1.29 is 23.7 Å². The topological polar surface area (TPSA) is 57.2 Å². The molecule has 4 saturated carbocycles. The number of amides is 1. The molecule has 0 aromatic heterocycles. The molecule has 0 aromatic rings. The number of hydrogen-bond donors (Lipinski definition) is 0. The van der Waals surface area contributed by atoms with Crippen LogP contribution in [0.25, 0.3) is 0 Å². The zero-order valence-electron chi connectivity index (χ0n) is 17.2. The largest absolute Gasteiger partial charge is 0.377 e. The lowest BCUT2D eigenvalue weighted by molar-refractivity contribution is -0.141. The summed E-state index contributed by atoms with van der Waals surface area (Å²) in [7, 11) is 0. The molecule has 5 aliphatic rings. The van der Waals surface area contributed by atoms with E-state index in [4.69, 9.17) is 18.9 Å². The van der Waals surface area contributed by atoms with E-state index in [9.17, 15) is 4.79 Å². The summed E-state index contributed by atoms with van der Waals surface area (Å²) in [5, 5.41) is 0. The fraction of sp³-hybridized carbons (Fsp3) is 0.955. The zero-order chi connectivity index (χ0) is 19.2. The molecule has 5 fully saturated rings. The molecule has 1 heterocycles. The molecule has 6 nitrogen and oxygen atoms in total. The Labute approximate surface area is 169 Å². The fourth-order valence-electron chi connectivity index (χ4n) is 6.41. The van der Waals surface area contributed by atoms with Gasteiger partial charge in [0.25, 0.3) is 0 Å². The Hall–Kier alpha value is -0.690. The highest BCUT2D eigenvalue weighted by Crippen LogP contribution is 2.61. The lowest BCUT2D eigenvalue weighted by atomic mass is 9.49. The van der Waals surface area contributed by atoms with Crippen LogP contribution in [-0.2, 0) is 23.7 Å². The van der Waals surface area contributed by atoms with Gasteiger partial charge < -0.3 is 23.8 Å². The van der Waals surface area contributed by atoms with Gasteiger partial charge in [-0.15, -0.1) is 0 Å². The van der Waals surface area contributed by atoms with Crippen molar-refractivity contribution in [2.75, 3.05) is 65.9 Å². The van der Waals surface area contributed by atoms with E-state index in [-0.39, 0.29) is 5.41 Å². The predicted octanol–water partition coefficient (Wildman–Crippen LogP) is 2.50. The highest BCUT2D eigenvalue weighted by atomic mass is 16.6. The molecule has 1 saturated heterocycles. The van der Waals surface area contributed by atoms with Gasteiger partial charge in [-0.1, -0.05) is 0 Å². The number of carbonyl (C=O) groups is 1. The quantitative estimate of drug-likeness (QED) is 0.719. The third-order valence-electron chi connectivity index (χ3n) is 7.17. The van der Waals surface area contributed by atoms with Crippen LogP contribution in [0.4, 0.5) is 0 Å². The van der Waals surface area contributed by atoms with E-state index >= 15 is 0 Å². The highest BCUT2D eigenvalue weighted by molar-refractivity contribution is 5.77. The van der Waals surface area contributed by atoms with Crippen LogP contribution < -0.4 is 0 Å². The van der Waals surface area contributed by atoms with Crippen molar-refractivity contribution in [1.82, 2.24) is 4.90 Å². The maximum absolute atomic E-state index is 13.2. The molecule has 0 spiro atoms. The summed E-state index contributed by atoms with van der Waals surface area (Å²) in [5.74, 6) is 2.95. The lowest BCUT2D eigenvalue weighted by Crippen LogP contribution is -2.49. The van der Waals surface area contributed by atoms with Gasteiger partial charge in [-0.3, -0.25) is 4.79 Å². The van der Waals surface area contributed by atoms with Crippen molar-refractivity contribution in [3.05, 3.63) is 0 Å². The van der Waals surface area contributed by atoms with Gasteiger partial charge in [-0.05, 0) is 61.7 Å². The van der Waals surface area contributed by atoms with E-state index in [1.54, 1.807) is 0 Å². The average Bonchev–Trinajstić information content (AvgIpc) is 2.65. The summed E-state index contributed by atoms with van der Waals surface area (Å²) in [5.41, 5.74) is 0.284. The maximum Gasteiger partial charge on any atom is 0.223 e. The third kappa shape index (κ3) is 5.47. The first kappa shape index (κ1) is 20.6. The van der Waals surface area contributed by atoms with Crippen LogP contribution in [0.3, 0.4) is 0 Å². The van der Waals surface area contributed by atoms with Crippen molar-refractivity contribution in [2.24, 2.45) is 23.2 Å². The zero-order valence-corrected chi connectivity index (χ0v) is 17.2. The summed E-state index contributed by atoms with van der Waals surface area (Å²) in [4.78, 5) is 15.2. The number of nitrogens with zero attached hydrogens (tertiary/aromatic N) is 1. The van der Waals surface area contributed by atoms with E-state index < -0.39 is 0 Å². The molecule has 28 heavy (non-hydrogen) atoms. The van der Waals surface area contributed by atoms with Crippen molar-refractivity contribution in [1.29, 1.82) is 0 Å². The molecule has 0 aromatic carbocycles. The van der Waals surface area contributed by atoms with Crippen LogP contribution in [0, 0.1) is 23.2 Å². The second kappa shape index (κ2) is 9.88. The number of ether oxygens (including phenoxy) is 4. The normalized spacial score (nSPS) is 38.0. The van der Waals surface area contributed by atoms with Crippen LogP contribution in [0.15, 0.2) is 0 Å². The van der Waals surface area contributed by atoms with Crippen molar-refractivity contribution >= 4 is 5.91 Å². The van der Waals surface area contributed by atoms with Gasteiger partial charge >= 0.3 is 0 Å². The number of carbonyl (C=O) groups excluding carboxylic acids is 1. The van der Waals surface area contributed by atoms with Gasteiger partial charge in [0, 0.05) is 19.5 Å². The van der Waals surface area contributed by atoms with Crippen molar-refractivity contribution in [3.63, 3.8) is 0 Å². The van der Waals surface area contributed by atoms with Gasteiger partial charge in [0.2, 0.25) is 5.91 Å². The second-order valence-electron chi connectivity index (χ2n) is 9.42. The van der Waals surface area contributed by atoms with E-state index in [2.05, 4.69) is 0 Å². The Morgan fingerprint density at radius 1 is 0.679 bits per heavy atom. The van der Waals surface area contributed by atoms with E-state index in [0.717, 1.165) is 24.2 Å². The van der Waals surface area contributed by atoms with Gasteiger partial charge in [0.15, 0.2) is 0 Å². The van der Waals surface area contributed by atoms with Gasteiger partial charge in [0.05, 0.1) is 52.9 Å². The molecule has 5 rings (SSSR count). The van der Waals surface area contributed by atoms with E-state index in [1.165, 1.54) is 38.5 Å². The SMILES string of the molecule is O=C(CC12CC3CC(CC(C3)C1)C2)N1CCOCCOCCOCCOCC1. The van der Waals surface area contributed by atoms with E-state index in [0.29, 0.717) is 71.9 Å². The lowest BCUT2D eigenvalue weighted by Gasteiger charge is -2.57. The van der Waals surface area contributed by atoms with Gasteiger partial charge in [-0.2, -0.15) is 0 Å². The maximum atomic E-state index is 13.2. The van der Waals surface area contributed by atoms with Crippen LogP contribution in [0.5, 0.6) is 0 Å². The highest BCUT2D eigenvalue weighted by Gasteiger charge is 2.51. The Morgan fingerprint density at radius 3 is 1.50 bits per heavy atom. The summed E-state index contributed by atoms with van der Waals surface area (Å²) in [6.07, 6.45) is 8.82. The molecule has 0 unspecified atom stereocenters. The smallest absolute Gasteiger partial charge is 0.223 e. The third-order valence-corrected chi connectivity index (χ3v) is 7.17. The van der Waals surface area contributed by atoms with E-state index in [1.807, 2.05) is 4.90 Å². The molecule has 1 aliphatic heterocycles. The predicted molar refractivity (Wildman–Crippen MR) is 105 cm³/mol. The first-order valence-electron chi connectivity index (χ1n) is 11.3. The Kier molecular flexibility index (Phi) is 7.26. The minimum absolute atomic E-state index is 0.284. The molecule has 0 radical (unpaired) electrons. The first-order chi connectivity index (χ1) is 13.7. The van der Waals surface area contributed by atoms with Crippen LogP contribution in [0.1, 0.15) is 44.9 Å². The monoisotopic (exact) mass is 395 g/mol. The standard InChI is InChI=1S/C22H37NO5/c24-21(17-22-14-18-11-19(15-22)13-20(12-18)16-22)23-1-3-25-5-7-27-9-10-28-8-6-26-4-2-23/h18-20H,1-17H2. The Morgan fingerprint density at radius 2 is 1.07 bits per heavy atom. The molecule has 4 bridgehead atoms. The Balaban J connectivity index is 1.31. The minimum Gasteiger partial charge on any atom is -0.377 e. The van der Waals surface area contributed by atoms with Gasteiger partial charge in [-0.25, -0.2) is 0 Å². The average molecular weight is 396 g/mol. The van der Waals surface area contributed by atoms with Crippen molar-refractivity contribution in [3.8, 4) is 0 Å². The van der Waals surface area contributed by atoms with Crippen LogP contribution in [-0.4, -0.2) is 76.8 Å². The summed E-state index contributed by atoms with van der Waals surface area (Å²) >= 11 is 0. The summed E-state index contributed by atoms with van der Waals surface area (Å²) in [6.45, 7) is 5.84. The summed E-state index contributed by atoms with van der Waals surface area (Å²) in [6, 6.07) is 0. The number of hydrogen-bond acceptors (Lipinski definition) is 5. The van der Waals surface area contributed by atoms with Crippen LogP contribution >= 0.6 is 0 Å². The molecular formula is C22H37NO5. The fourth-order valence-corrected chi connectivity index (χ4v) is 6.41. The second-order valence-corrected chi connectivity index (χ2v) is 9.42. The summed E-state index contributed by atoms with van der Waals surface area (Å²) < 4.78 is 22.3. The molecule has 6 heteroatoms. The number of rotatable bonds is 2. The van der Waals surface area contributed by atoms with Gasteiger partial charge in [0.1, 0.15) is 0 Å². The molecule has 160 valence electrons. The minimum atomic E-state index is 0.284. The molecular weight excluding hydrogens is 358 g/mol. The molecule has 0 atom stereocenters.